The summed E-state index contributed by atoms with van der Waals surface area (Å²) in [7, 11) is 1.74. The molecule has 5 heteroatoms. The normalized spacial score (nSPS) is 10.1. The Balaban J connectivity index is 2.36. The van der Waals surface area contributed by atoms with Crippen LogP contribution in [0.4, 0.5) is 0 Å². The first kappa shape index (κ1) is 12.4. The molecular formula is C11H17N3O2. The maximum absolute atomic E-state index is 11.6. The summed E-state index contributed by atoms with van der Waals surface area (Å²) in [6.07, 6.45) is 1.72. The Bertz CT molecular complexity index is 360. The zero-order chi connectivity index (χ0) is 12.0. The van der Waals surface area contributed by atoms with Gasteiger partial charge < -0.3 is 14.7 Å². The standard InChI is InChI=1S/C11H17N3O2/c1-4-5-12-7-11(15)14(3)8-10-6-9(2)16-13-10/h4,6,12H,1,5,7-8H2,2-3H3. The molecular weight excluding hydrogens is 206 g/mol. The van der Waals surface area contributed by atoms with E-state index < -0.39 is 0 Å². The van der Waals surface area contributed by atoms with Gasteiger partial charge in [-0.25, -0.2) is 0 Å². The minimum atomic E-state index is 0.0162. The van der Waals surface area contributed by atoms with E-state index in [2.05, 4.69) is 17.1 Å². The highest BCUT2D eigenvalue weighted by molar-refractivity contribution is 5.77. The van der Waals surface area contributed by atoms with Crippen LogP contribution >= 0.6 is 0 Å². The molecule has 0 atom stereocenters. The van der Waals surface area contributed by atoms with Crippen molar-refractivity contribution >= 4 is 5.91 Å². The first-order valence-electron chi connectivity index (χ1n) is 5.11. The van der Waals surface area contributed by atoms with Gasteiger partial charge in [-0.1, -0.05) is 11.2 Å². The van der Waals surface area contributed by atoms with Gasteiger partial charge in [0.1, 0.15) is 11.5 Å². The summed E-state index contributed by atoms with van der Waals surface area (Å²) in [6, 6.07) is 1.82. The molecule has 0 unspecified atom stereocenters. The Morgan fingerprint density at radius 1 is 1.75 bits per heavy atom. The number of carbonyl (C=O) groups is 1. The van der Waals surface area contributed by atoms with Crippen molar-refractivity contribution in [2.75, 3.05) is 20.1 Å². The second kappa shape index (κ2) is 6.07. The summed E-state index contributed by atoms with van der Waals surface area (Å²) in [5.74, 6) is 0.767. The highest BCUT2D eigenvalue weighted by atomic mass is 16.5. The van der Waals surface area contributed by atoms with Gasteiger partial charge in [0, 0.05) is 19.7 Å². The van der Waals surface area contributed by atoms with E-state index in [0.717, 1.165) is 11.5 Å². The molecule has 0 aliphatic carbocycles. The molecule has 0 aromatic carbocycles. The van der Waals surface area contributed by atoms with Crippen LogP contribution in [0.2, 0.25) is 0 Å². The molecule has 1 aromatic heterocycles. The number of hydrogen-bond donors (Lipinski definition) is 1. The number of hydrogen-bond acceptors (Lipinski definition) is 4. The lowest BCUT2D eigenvalue weighted by Gasteiger charge is -2.15. The van der Waals surface area contributed by atoms with Crippen molar-refractivity contribution in [3.05, 3.63) is 30.2 Å². The fraction of sp³-hybridized carbons (Fsp3) is 0.455. The molecule has 88 valence electrons. The fourth-order valence-corrected chi connectivity index (χ4v) is 1.24. The Labute approximate surface area is 95.1 Å². The molecule has 0 saturated heterocycles. The number of likely N-dealkylation sites (N-methyl/N-ethyl adjacent to an activating group) is 1. The van der Waals surface area contributed by atoms with Gasteiger partial charge in [0.05, 0.1) is 13.1 Å². The maximum atomic E-state index is 11.6. The molecule has 0 spiro atoms. The minimum absolute atomic E-state index is 0.0162. The van der Waals surface area contributed by atoms with Crippen LogP contribution in [0, 0.1) is 6.92 Å². The van der Waals surface area contributed by atoms with Gasteiger partial charge in [-0.05, 0) is 6.92 Å². The van der Waals surface area contributed by atoms with Crippen LogP contribution in [-0.2, 0) is 11.3 Å². The molecule has 5 nitrogen and oxygen atoms in total. The molecule has 0 aliphatic heterocycles. The SMILES string of the molecule is C=CCNCC(=O)N(C)Cc1cc(C)on1. The molecule has 1 amide bonds. The van der Waals surface area contributed by atoms with Gasteiger partial charge in [0.2, 0.25) is 5.91 Å². The van der Waals surface area contributed by atoms with E-state index in [0.29, 0.717) is 19.6 Å². The van der Waals surface area contributed by atoms with Crippen LogP contribution in [0.5, 0.6) is 0 Å². The second-order valence-electron chi connectivity index (χ2n) is 3.60. The van der Waals surface area contributed by atoms with Crippen molar-refractivity contribution in [2.45, 2.75) is 13.5 Å². The van der Waals surface area contributed by atoms with E-state index in [9.17, 15) is 4.79 Å². The van der Waals surface area contributed by atoms with Crippen molar-refractivity contribution < 1.29 is 9.32 Å². The third kappa shape index (κ3) is 3.86. The van der Waals surface area contributed by atoms with E-state index in [1.165, 1.54) is 0 Å². The lowest BCUT2D eigenvalue weighted by molar-refractivity contribution is -0.129. The third-order valence-corrected chi connectivity index (χ3v) is 2.07. The zero-order valence-electron chi connectivity index (χ0n) is 9.69. The number of rotatable bonds is 6. The number of amides is 1. The first-order chi connectivity index (χ1) is 7.63. The quantitative estimate of drug-likeness (QED) is 0.570. The van der Waals surface area contributed by atoms with E-state index in [4.69, 9.17) is 4.52 Å². The third-order valence-electron chi connectivity index (χ3n) is 2.07. The molecule has 1 aromatic rings. The highest BCUT2D eigenvalue weighted by Gasteiger charge is 2.10. The van der Waals surface area contributed by atoms with Crippen LogP contribution in [0.1, 0.15) is 11.5 Å². The Morgan fingerprint density at radius 2 is 2.50 bits per heavy atom. The predicted molar refractivity (Wildman–Crippen MR) is 60.8 cm³/mol. The number of nitrogens with one attached hydrogen (secondary N) is 1. The van der Waals surface area contributed by atoms with Crippen molar-refractivity contribution in [3.8, 4) is 0 Å². The lowest BCUT2D eigenvalue weighted by Crippen LogP contribution is -2.35. The average Bonchev–Trinajstić information content (AvgIpc) is 2.64. The van der Waals surface area contributed by atoms with Gasteiger partial charge >= 0.3 is 0 Å². The fourth-order valence-electron chi connectivity index (χ4n) is 1.24. The summed E-state index contributed by atoms with van der Waals surface area (Å²) in [5.41, 5.74) is 0.761. The van der Waals surface area contributed by atoms with Gasteiger partial charge in [-0.2, -0.15) is 0 Å². The van der Waals surface area contributed by atoms with E-state index >= 15 is 0 Å². The Kier molecular flexibility index (Phi) is 4.72. The van der Waals surface area contributed by atoms with Gasteiger partial charge in [-0.15, -0.1) is 6.58 Å². The molecule has 0 radical (unpaired) electrons. The van der Waals surface area contributed by atoms with Crippen molar-refractivity contribution in [2.24, 2.45) is 0 Å². The molecule has 0 fully saturated rings. The van der Waals surface area contributed by atoms with Crippen LogP contribution < -0.4 is 5.32 Å². The highest BCUT2D eigenvalue weighted by Crippen LogP contribution is 2.04. The summed E-state index contributed by atoms with van der Waals surface area (Å²) in [5, 5.41) is 6.78. The summed E-state index contributed by atoms with van der Waals surface area (Å²) >= 11 is 0. The van der Waals surface area contributed by atoms with Gasteiger partial charge in [-0.3, -0.25) is 4.79 Å². The van der Waals surface area contributed by atoms with E-state index in [1.54, 1.807) is 18.0 Å². The largest absolute Gasteiger partial charge is 0.361 e. The molecule has 1 N–H and O–H groups in total. The topological polar surface area (TPSA) is 58.4 Å². The van der Waals surface area contributed by atoms with Crippen molar-refractivity contribution in [1.82, 2.24) is 15.4 Å². The molecule has 0 saturated carbocycles. The van der Waals surface area contributed by atoms with Crippen molar-refractivity contribution in [3.63, 3.8) is 0 Å². The molecule has 0 bridgehead atoms. The number of nitrogens with zero attached hydrogens (tertiary/aromatic N) is 2. The second-order valence-corrected chi connectivity index (χ2v) is 3.60. The van der Waals surface area contributed by atoms with Crippen LogP contribution in [0.25, 0.3) is 0 Å². The van der Waals surface area contributed by atoms with Crippen molar-refractivity contribution in [1.29, 1.82) is 0 Å². The molecule has 0 aliphatic rings. The lowest BCUT2D eigenvalue weighted by atomic mass is 10.3. The predicted octanol–water partition coefficient (Wildman–Crippen LogP) is 0.717. The Hall–Kier alpha value is -1.62. The average molecular weight is 223 g/mol. The summed E-state index contributed by atoms with van der Waals surface area (Å²) in [6.45, 7) is 6.78. The van der Waals surface area contributed by atoms with Gasteiger partial charge in [0.15, 0.2) is 0 Å². The maximum Gasteiger partial charge on any atom is 0.236 e. The monoisotopic (exact) mass is 223 g/mol. The summed E-state index contributed by atoms with van der Waals surface area (Å²) in [4.78, 5) is 13.2. The molecule has 16 heavy (non-hydrogen) atoms. The van der Waals surface area contributed by atoms with Gasteiger partial charge in [0.25, 0.3) is 0 Å². The smallest absolute Gasteiger partial charge is 0.236 e. The first-order valence-corrected chi connectivity index (χ1v) is 5.11. The van der Waals surface area contributed by atoms with Crippen LogP contribution in [0.3, 0.4) is 0 Å². The Morgan fingerprint density at radius 3 is 3.06 bits per heavy atom. The molecule has 1 rings (SSSR count). The zero-order valence-corrected chi connectivity index (χ0v) is 9.69. The number of carbonyl (C=O) groups excluding carboxylic acids is 1. The summed E-state index contributed by atoms with van der Waals surface area (Å²) < 4.78 is 4.93. The molecule has 1 heterocycles. The number of aromatic nitrogens is 1. The van der Waals surface area contributed by atoms with Crippen LogP contribution in [0.15, 0.2) is 23.2 Å². The van der Waals surface area contributed by atoms with E-state index in [1.807, 2.05) is 13.0 Å². The van der Waals surface area contributed by atoms with Crippen LogP contribution in [-0.4, -0.2) is 36.1 Å². The minimum Gasteiger partial charge on any atom is -0.361 e. The van der Waals surface area contributed by atoms with E-state index in [-0.39, 0.29) is 5.91 Å². The number of aryl methyl sites for hydroxylation is 1.